The zero-order valence-electron chi connectivity index (χ0n) is 13.0. The number of rotatable bonds is 2. The average molecular weight is 413 g/mol. The number of aryl methyl sites for hydroxylation is 2. The first-order chi connectivity index (χ1) is 11.1. The lowest BCUT2D eigenvalue weighted by Crippen LogP contribution is -1.97. The normalized spacial score (nSPS) is 11.3. The predicted molar refractivity (Wildman–Crippen MR) is 103 cm³/mol. The Hall–Kier alpha value is -2.01. The summed E-state index contributed by atoms with van der Waals surface area (Å²) in [4.78, 5) is 0. The fourth-order valence-electron chi connectivity index (χ4n) is 3.04. The van der Waals surface area contributed by atoms with E-state index in [9.17, 15) is 0 Å². The molecule has 2 heterocycles. The molecule has 3 heteroatoms. The topological polar surface area (TPSA) is 18.1 Å². The maximum Gasteiger partial charge on any atom is 0.148 e. The summed E-state index contributed by atoms with van der Waals surface area (Å²) in [5.41, 5.74) is 5.64. The SMILES string of the molecule is Cc1ccc(C)n1-c1ccc2c(I)c(-c3ccccc3)oc2c1. The van der Waals surface area contributed by atoms with Gasteiger partial charge in [0, 0.05) is 34.1 Å². The largest absolute Gasteiger partial charge is 0.455 e. The molecule has 4 aromatic rings. The Kier molecular flexibility index (Phi) is 3.53. The van der Waals surface area contributed by atoms with E-state index >= 15 is 0 Å². The molecule has 23 heavy (non-hydrogen) atoms. The number of aromatic nitrogens is 1. The summed E-state index contributed by atoms with van der Waals surface area (Å²) in [6.07, 6.45) is 0. The van der Waals surface area contributed by atoms with Crippen LogP contribution in [0.25, 0.3) is 28.0 Å². The molecule has 0 aliphatic heterocycles. The van der Waals surface area contributed by atoms with Gasteiger partial charge in [-0.05, 0) is 60.7 Å². The number of benzene rings is 2. The number of furan rings is 1. The standard InChI is InChI=1S/C20H16INO/c1-13-8-9-14(2)22(13)16-10-11-17-18(12-16)23-20(19(17)21)15-6-4-3-5-7-15/h3-12H,1-2H3. The molecular weight excluding hydrogens is 397 g/mol. The zero-order valence-corrected chi connectivity index (χ0v) is 15.2. The Morgan fingerprint density at radius 1 is 0.870 bits per heavy atom. The molecule has 0 aliphatic carbocycles. The van der Waals surface area contributed by atoms with Crippen LogP contribution in [0.1, 0.15) is 11.4 Å². The lowest BCUT2D eigenvalue weighted by Gasteiger charge is -2.08. The van der Waals surface area contributed by atoms with E-state index in [0.29, 0.717) is 0 Å². The third-order valence-corrected chi connectivity index (χ3v) is 5.25. The van der Waals surface area contributed by atoms with Crippen LogP contribution in [0.5, 0.6) is 0 Å². The number of fused-ring (bicyclic) bond motifs is 1. The summed E-state index contributed by atoms with van der Waals surface area (Å²) < 4.78 is 9.59. The molecule has 0 amide bonds. The third kappa shape index (κ3) is 2.39. The molecule has 0 N–H and O–H groups in total. The average Bonchev–Trinajstić information content (AvgIpc) is 3.08. The lowest BCUT2D eigenvalue weighted by molar-refractivity contribution is 0.629. The van der Waals surface area contributed by atoms with Crippen LogP contribution in [0, 0.1) is 17.4 Å². The molecule has 0 unspecified atom stereocenters. The van der Waals surface area contributed by atoms with Gasteiger partial charge >= 0.3 is 0 Å². The molecule has 0 atom stereocenters. The van der Waals surface area contributed by atoms with Crippen LogP contribution in [-0.4, -0.2) is 4.57 Å². The Balaban J connectivity index is 1.91. The third-order valence-electron chi connectivity index (χ3n) is 4.18. The maximum absolute atomic E-state index is 6.18. The highest BCUT2D eigenvalue weighted by Gasteiger charge is 2.14. The minimum absolute atomic E-state index is 0.929. The van der Waals surface area contributed by atoms with Crippen molar-refractivity contribution in [1.82, 2.24) is 4.57 Å². The maximum atomic E-state index is 6.18. The van der Waals surface area contributed by atoms with Gasteiger partial charge in [0.2, 0.25) is 0 Å². The van der Waals surface area contributed by atoms with Crippen LogP contribution in [0.15, 0.2) is 65.1 Å². The Morgan fingerprint density at radius 3 is 2.26 bits per heavy atom. The van der Waals surface area contributed by atoms with Crippen LogP contribution in [-0.2, 0) is 0 Å². The summed E-state index contributed by atoms with van der Waals surface area (Å²) in [6, 6.07) is 21.0. The van der Waals surface area contributed by atoms with E-state index in [1.54, 1.807) is 0 Å². The Labute approximate surface area is 148 Å². The van der Waals surface area contributed by atoms with Crippen molar-refractivity contribution in [2.24, 2.45) is 0 Å². The number of hydrogen-bond acceptors (Lipinski definition) is 1. The minimum atomic E-state index is 0.929. The number of halogens is 1. The lowest BCUT2D eigenvalue weighted by atomic mass is 10.1. The van der Waals surface area contributed by atoms with Crippen LogP contribution in [0.2, 0.25) is 0 Å². The molecule has 2 aromatic heterocycles. The van der Waals surface area contributed by atoms with E-state index in [4.69, 9.17) is 4.42 Å². The van der Waals surface area contributed by atoms with Crippen molar-refractivity contribution in [1.29, 1.82) is 0 Å². The Morgan fingerprint density at radius 2 is 1.57 bits per heavy atom. The molecule has 0 radical (unpaired) electrons. The zero-order chi connectivity index (χ0) is 16.0. The van der Waals surface area contributed by atoms with Crippen molar-refractivity contribution < 1.29 is 4.42 Å². The summed E-state index contributed by atoms with van der Waals surface area (Å²) in [7, 11) is 0. The molecule has 2 aromatic carbocycles. The van der Waals surface area contributed by atoms with Gasteiger partial charge in [-0.1, -0.05) is 30.3 Å². The molecule has 0 saturated heterocycles. The number of hydrogen-bond donors (Lipinski definition) is 0. The van der Waals surface area contributed by atoms with Crippen molar-refractivity contribution >= 4 is 33.6 Å². The van der Waals surface area contributed by atoms with E-state index in [2.05, 4.69) is 83.5 Å². The first kappa shape index (κ1) is 14.6. The molecule has 0 fully saturated rings. The highest BCUT2D eigenvalue weighted by molar-refractivity contribution is 14.1. The fourth-order valence-corrected chi connectivity index (χ4v) is 3.91. The first-order valence-electron chi connectivity index (χ1n) is 7.58. The fraction of sp³-hybridized carbons (Fsp3) is 0.100. The van der Waals surface area contributed by atoms with Gasteiger partial charge < -0.3 is 8.98 Å². The van der Waals surface area contributed by atoms with E-state index < -0.39 is 0 Å². The molecular formula is C20H16INO. The molecule has 0 bridgehead atoms. The number of nitrogens with zero attached hydrogens (tertiary/aromatic N) is 1. The smallest absolute Gasteiger partial charge is 0.148 e. The van der Waals surface area contributed by atoms with Gasteiger partial charge in [-0.15, -0.1) is 0 Å². The van der Waals surface area contributed by atoms with Gasteiger partial charge in [-0.25, -0.2) is 0 Å². The van der Waals surface area contributed by atoms with Gasteiger partial charge in [0.25, 0.3) is 0 Å². The van der Waals surface area contributed by atoms with Gasteiger partial charge in [0.1, 0.15) is 11.3 Å². The first-order valence-corrected chi connectivity index (χ1v) is 8.66. The van der Waals surface area contributed by atoms with Crippen LogP contribution in [0.4, 0.5) is 0 Å². The minimum Gasteiger partial charge on any atom is -0.455 e. The molecule has 0 aliphatic rings. The van der Waals surface area contributed by atoms with Crippen molar-refractivity contribution in [3.63, 3.8) is 0 Å². The van der Waals surface area contributed by atoms with E-state index in [1.807, 2.05) is 18.2 Å². The summed E-state index contributed by atoms with van der Waals surface area (Å²) in [6.45, 7) is 4.25. The highest BCUT2D eigenvalue weighted by Crippen LogP contribution is 2.35. The summed E-state index contributed by atoms with van der Waals surface area (Å²) in [5.74, 6) is 0.944. The van der Waals surface area contributed by atoms with E-state index in [-0.39, 0.29) is 0 Å². The molecule has 2 nitrogen and oxygen atoms in total. The second-order valence-corrected chi connectivity index (χ2v) is 6.82. The second-order valence-electron chi connectivity index (χ2n) is 5.74. The highest BCUT2D eigenvalue weighted by atomic mass is 127. The molecule has 114 valence electrons. The molecule has 0 saturated carbocycles. The quantitative estimate of drug-likeness (QED) is 0.363. The molecule has 4 rings (SSSR count). The van der Waals surface area contributed by atoms with Crippen LogP contribution >= 0.6 is 22.6 Å². The van der Waals surface area contributed by atoms with Gasteiger partial charge in [-0.3, -0.25) is 0 Å². The summed E-state index contributed by atoms with van der Waals surface area (Å²) in [5, 5.41) is 1.16. The predicted octanol–water partition coefficient (Wildman–Crippen LogP) is 6.11. The Bertz CT molecular complexity index is 976. The second kappa shape index (κ2) is 5.57. The van der Waals surface area contributed by atoms with Crippen molar-refractivity contribution in [3.05, 3.63) is 75.6 Å². The molecule has 0 spiro atoms. The van der Waals surface area contributed by atoms with Crippen molar-refractivity contribution in [3.8, 4) is 17.0 Å². The monoisotopic (exact) mass is 413 g/mol. The van der Waals surface area contributed by atoms with Gasteiger partial charge in [0.05, 0.1) is 3.57 Å². The van der Waals surface area contributed by atoms with Crippen LogP contribution < -0.4 is 0 Å². The van der Waals surface area contributed by atoms with Gasteiger partial charge in [-0.2, -0.15) is 0 Å². The van der Waals surface area contributed by atoms with Crippen molar-refractivity contribution in [2.75, 3.05) is 0 Å². The van der Waals surface area contributed by atoms with Crippen LogP contribution in [0.3, 0.4) is 0 Å². The van der Waals surface area contributed by atoms with Crippen molar-refractivity contribution in [2.45, 2.75) is 13.8 Å². The van der Waals surface area contributed by atoms with Gasteiger partial charge in [0.15, 0.2) is 0 Å². The summed E-state index contributed by atoms with van der Waals surface area (Å²) >= 11 is 2.38. The van der Waals surface area contributed by atoms with E-state index in [1.165, 1.54) is 11.4 Å². The van der Waals surface area contributed by atoms with E-state index in [0.717, 1.165) is 31.6 Å².